The van der Waals surface area contributed by atoms with Gasteiger partial charge in [0.15, 0.2) is 5.82 Å². The molecule has 4 nitrogen and oxygen atoms in total. The highest BCUT2D eigenvalue weighted by molar-refractivity contribution is 6.30. The van der Waals surface area contributed by atoms with Crippen molar-refractivity contribution in [2.45, 2.75) is 26.2 Å². The molecule has 2 aromatic rings. The maximum atomic E-state index is 13.6. The Bertz CT molecular complexity index is 710. The topological polar surface area (TPSA) is 52.1 Å². The SMILES string of the molecule is CCOC(=O)CCCc1cc(Cl)nc(-c2ccc(Cl)c(F)c2)n1. The molecule has 0 atom stereocenters. The van der Waals surface area contributed by atoms with Gasteiger partial charge in [0, 0.05) is 17.7 Å². The Balaban J connectivity index is 2.12. The van der Waals surface area contributed by atoms with Gasteiger partial charge < -0.3 is 4.74 Å². The van der Waals surface area contributed by atoms with Crippen LogP contribution in [0.15, 0.2) is 24.3 Å². The second kappa shape index (κ2) is 8.22. The number of ether oxygens (including phenoxy) is 1. The molecule has 0 radical (unpaired) electrons. The van der Waals surface area contributed by atoms with Gasteiger partial charge in [-0.15, -0.1) is 0 Å². The van der Waals surface area contributed by atoms with E-state index in [1.807, 2.05) is 0 Å². The van der Waals surface area contributed by atoms with E-state index in [1.54, 1.807) is 19.1 Å². The molecule has 0 spiro atoms. The third-order valence-corrected chi connectivity index (χ3v) is 3.55. The summed E-state index contributed by atoms with van der Waals surface area (Å²) >= 11 is 11.7. The van der Waals surface area contributed by atoms with Gasteiger partial charge in [-0.3, -0.25) is 4.79 Å². The minimum absolute atomic E-state index is 0.0328. The summed E-state index contributed by atoms with van der Waals surface area (Å²) < 4.78 is 18.4. The fraction of sp³-hybridized carbons (Fsp3) is 0.312. The molecule has 0 unspecified atom stereocenters. The van der Waals surface area contributed by atoms with Crippen LogP contribution in [0.2, 0.25) is 10.2 Å². The molecule has 0 aliphatic carbocycles. The van der Waals surface area contributed by atoms with E-state index >= 15 is 0 Å². The van der Waals surface area contributed by atoms with E-state index in [0.29, 0.717) is 43.0 Å². The van der Waals surface area contributed by atoms with Crippen LogP contribution in [0.25, 0.3) is 11.4 Å². The van der Waals surface area contributed by atoms with Crippen LogP contribution in [0.5, 0.6) is 0 Å². The fourth-order valence-corrected chi connectivity index (χ4v) is 2.33. The standard InChI is InChI=1S/C16H15Cl2FN2O2/c1-2-23-15(22)5-3-4-11-9-14(18)21-16(20-11)10-6-7-12(17)13(19)8-10/h6-9H,2-5H2,1H3. The molecule has 0 aliphatic heterocycles. The van der Waals surface area contributed by atoms with Gasteiger partial charge in [-0.2, -0.15) is 0 Å². The van der Waals surface area contributed by atoms with E-state index in [2.05, 4.69) is 9.97 Å². The van der Waals surface area contributed by atoms with E-state index < -0.39 is 5.82 Å². The minimum Gasteiger partial charge on any atom is -0.466 e. The second-order valence-corrected chi connectivity index (χ2v) is 5.59. The number of carbonyl (C=O) groups is 1. The highest BCUT2D eigenvalue weighted by Gasteiger charge is 2.10. The number of esters is 1. The zero-order valence-electron chi connectivity index (χ0n) is 12.5. The number of rotatable bonds is 6. The molecule has 1 aromatic heterocycles. The first-order valence-corrected chi connectivity index (χ1v) is 7.89. The van der Waals surface area contributed by atoms with Gasteiger partial charge in [-0.25, -0.2) is 14.4 Å². The monoisotopic (exact) mass is 356 g/mol. The first kappa shape index (κ1) is 17.6. The van der Waals surface area contributed by atoms with Gasteiger partial charge in [0.25, 0.3) is 0 Å². The van der Waals surface area contributed by atoms with Crippen molar-refractivity contribution in [1.29, 1.82) is 0 Å². The predicted molar refractivity (Wildman–Crippen MR) is 87.0 cm³/mol. The molecule has 1 heterocycles. The molecular weight excluding hydrogens is 342 g/mol. The molecule has 2 rings (SSSR count). The summed E-state index contributed by atoms with van der Waals surface area (Å²) in [5.74, 6) is -0.469. The van der Waals surface area contributed by atoms with Crippen molar-refractivity contribution in [3.8, 4) is 11.4 Å². The molecule has 0 bridgehead atoms. The van der Waals surface area contributed by atoms with Crippen molar-refractivity contribution in [3.05, 3.63) is 46.0 Å². The Morgan fingerprint density at radius 3 is 2.74 bits per heavy atom. The third kappa shape index (κ3) is 5.15. The number of aryl methyl sites for hydroxylation is 1. The van der Waals surface area contributed by atoms with Crippen LogP contribution in [0, 0.1) is 5.82 Å². The molecule has 7 heteroatoms. The Morgan fingerprint density at radius 1 is 1.26 bits per heavy atom. The molecule has 0 N–H and O–H groups in total. The van der Waals surface area contributed by atoms with Gasteiger partial charge in [-0.05, 0) is 44.0 Å². The molecule has 0 aliphatic rings. The van der Waals surface area contributed by atoms with Gasteiger partial charge in [-0.1, -0.05) is 23.2 Å². The van der Waals surface area contributed by atoms with Crippen molar-refractivity contribution >= 4 is 29.2 Å². The van der Waals surface area contributed by atoms with Crippen molar-refractivity contribution in [1.82, 2.24) is 9.97 Å². The fourth-order valence-electron chi connectivity index (χ4n) is 2.00. The van der Waals surface area contributed by atoms with Crippen LogP contribution in [0.3, 0.4) is 0 Å². The predicted octanol–water partition coefficient (Wildman–Crippen LogP) is 4.48. The van der Waals surface area contributed by atoms with Crippen molar-refractivity contribution in [2.24, 2.45) is 0 Å². The van der Waals surface area contributed by atoms with E-state index in [9.17, 15) is 9.18 Å². The summed E-state index contributed by atoms with van der Waals surface area (Å²) in [6, 6.07) is 5.95. The number of aromatic nitrogens is 2. The number of hydrogen-bond donors (Lipinski definition) is 0. The summed E-state index contributed by atoms with van der Waals surface area (Å²) in [5, 5.41) is 0.293. The largest absolute Gasteiger partial charge is 0.466 e. The number of halogens is 3. The van der Waals surface area contributed by atoms with Gasteiger partial charge in [0.1, 0.15) is 11.0 Å². The lowest BCUT2D eigenvalue weighted by molar-refractivity contribution is -0.143. The second-order valence-electron chi connectivity index (χ2n) is 4.79. The minimum atomic E-state index is -0.545. The zero-order valence-corrected chi connectivity index (χ0v) is 14.0. The van der Waals surface area contributed by atoms with Gasteiger partial charge >= 0.3 is 5.97 Å². The van der Waals surface area contributed by atoms with Crippen LogP contribution < -0.4 is 0 Å². The Hall–Kier alpha value is -1.72. The maximum absolute atomic E-state index is 13.6. The molecule has 23 heavy (non-hydrogen) atoms. The normalized spacial score (nSPS) is 10.6. The molecule has 0 fully saturated rings. The van der Waals surface area contributed by atoms with E-state index in [-0.39, 0.29) is 16.1 Å². The summed E-state index contributed by atoms with van der Waals surface area (Å²) in [7, 11) is 0. The van der Waals surface area contributed by atoms with Crippen LogP contribution in [0.4, 0.5) is 4.39 Å². The molecule has 1 aromatic carbocycles. The Labute approximate surface area is 143 Å². The molecular formula is C16H15Cl2FN2O2. The highest BCUT2D eigenvalue weighted by Crippen LogP contribution is 2.23. The van der Waals surface area contributed by atoms with Gasteiger partial charge in [0.2, 0.25) is 0 Å². The number of nitrogens with zero attached hydrogens (tertiary/aromatic N) is 2. The first-order valence-electron chi connectivity index (χ1n) is 7.14. The van der Waals surface area contributed by atoms with Crippen molar-refractivity contribution in [2.75, 3.05) is 6.61 Å². The lowest BCUT2D eigenvalue weighted by Crippen LogP contribution is -2.05. The average Bonchev–Trinajstić information content (AvgIpc) is 2.50. The van der Waals surface area contributed by atoms with Gasteiger partial charge in [0.05, 0.1) is 11.6 Å². The van der Waals surface area contributed by atoms with E-state index in [4.69, 9.17) is 27.9 Å². The summed E-state index contributed by atoms with van der Waals surface area (Å²) in [6.07, 6.45) is 1.44. The molecule has 0 saturated carbocycles. The smallest absolute Gasteiger partial charge is 0.305 e. The quantitative estimate of drug-likeness (QED) is 0.565. The lowest BCUT2D eigenvalue weighted by atomic mass is 10.1. The summed E-state index contributed by atoms with van der Waals surface area (Å²) in [4.78, 5) is 19.8. The lowest BCUT2D eigenvalue weighted by Gasteiger charge is -2.06. The van der Waals surface area contributed by atoms with Crippen LogP contribution in [-0.4, -0.2) is 22.5 Å². The number of carbonyl (C=O) groups excluding carboxylic acids is 1. The maximum Gasteiger partial charge on any atom is 0.305 e. The van der Waals surface area contributed by atoms with Crippen LogP contribution >= 0.6 is 23.2 Å². The molecule has 122 valence electrons. The van der Waals surface area contributed by atoms with Crippen molar-refractivity contribution in [3.63, 3.8) is 0 Å². The van der Waals surface area contributed by atoms with Crippen molar-refractivity contribution < 1.29 is 13.9 Å². The zero-order chi connectivity index (χ0) is 16.8. The Morgan fingerprint density at radius 2 is 2.04 bits per heavy atom. The Kier molecular flexibility index (Phi) is 6.30. The highest BCUT2D eigenvalue weighted by atomic mass is 35.5. The molecule has 0 amide bonds. The van der Waals surface area contributed by atoms with Crippen LogP contribution in [-0.2, 0) is 16.0 Å². The summed E-state index contributed by atoms with van der Waals surface area (Å²) in [5.41, 5.74) is 1.17. The number of benzene rings is 1. The summed E-state index contributed by atoms with van der Waals surface area (Å²) in [6.45, 7) is 2.13. The van der Waals surface area contributed by atoms with Crippen LogP contribution in [0.1, 0.15) is 25.5 Å². The average molecular weight is 357 g/mol. The first-order chi connectivity index (χ1) is 11.0. The van der Waals surface area contributed by atoms with E-state index in [0.717, 1.165) is 0 Å². The number of hydrogen-bond acceptors (Lipinski definition) is 4. The van der Waals surface area contributed by atoms with E-state index in [1.165, 1.54) is 12.1 Å². The third-order valence-electron chi connectivity index (χ3n) is 3.04. The molecule has 0 saturated heterocycles.